The molecule has 1 atom stereocenters. The lowest BCUT2D eigenvalue weighted by Gasteiger charge is -2.10. The molecule has 0 aromatic heterocycles. The van der Waals surface area contributed by atoms with Gasteiger partial charge >= 0.3 is 5.97 Å². The quantitative estimate of drug-likeness (QED) is 0.331. The second-order valence-electron chi connectivity index (χ2n) is 6.26. The van der Waals surface area contributed by atoms with E-state index in [9.17, 15) is 9.90 Å². The Morgan fingerprint density at radius 2 is 1.18 bits per heavy atom. The number of unbranched alkanes of at least 4 members (excludes halogenated alkanes) is 10. The van der Waals surface area contributed by atoms with Crippen molar-refractivity contribution in [1.29, 1.82) is 0 Å². The van der Waals surface area contributed by atoms with Gasteiger partial charge in [-0.2, -0.15) is 0 Å². The maximum Gasteiger partial charge on any atom is 0.303 e. The monoisotopic (exact) mass is 330 g/mol. The number of hydrogen-bond acceptors (Lipinski definition) is 2. The Morgan fingerprint density at radius 1 is 0.773 bits per heavy atom. The van der Waals surface area contributed by atoms with Gasteiger partial charge in [-0.3, -0.25) is 4.79 Å². The molecule has 0 heterocycles. The summed E-state index contributed by atoms with van der Waals surface area (Å²) in [4.78, 5) is 10.3. The van der Waals surface area contributed by atoms with Gasteiger partial charge in [0, 0.05) is 6.42 Å². The van der Waals surface area contributed by atoms with Crippen molar-refractivity contribution in [3.8, 4) is 0 Å². The van der Waals surface area contributed by atoms with Gasteiger partial charge in [-0.05, 0) is 19.3 Å². The fourth-order valence-electron chi connectivity index (χ4n) is 2.67. The van der Waals surface area contributed by atoms with Crippen LogP contribution in [0.25, 0.3) is 0 Å². The first-order valence-electron chi connectivity index (χ1n) is 9.06. The molecule has 0 aliphatic carbocycles. The molecule has 0 amide bonds. The molecule has 0 aromatic carbocycles. The van der Waals surface area contributed by atoms with E-state index in [1.807, 2.05) is 0 Å². The molecule has 3 nitrogen and oxygen atoms in total. The van der Waals surface area contributed by atoms with Crippen LogP contribution in [0.5, 0.6) is 0 Å². The van der Waals surface area contributed by atoms with E-state index in [1.54, 1.807) is 0 Å². The summed E-state index contributed by atoms with van der Waals surface area (Å²) in [7, 11) is 0. The third-order valence-electron chi connectivity index (χ3n) is 4.07. The molecular weight excluding hydrogens is 291 g/mol. The minimum atomic E-state index is -0.678. The summed E-state index contributed by atoms with van der Waals surface area (Å²) >= 11 is 0. The molecule has 0 radical (unpaired) electrons. The van der Waals surface area contributed by atoms with Gasteiger partial charge in [-0.1, -0.05) is 77.6 Å². The van der Waals surface area contributed by atoms with Gasteiger partial charge in [0.25, 0.3) is 0 Å². The molecule has 22 heavy (non-hydrogen) atoms. The number of aliphatic hydroxyl groups excluding tert-OH is 1. The number of rotatable bonds is 16. The maximum absolute atomic E-state index is 10.3. The molecule has 0 aromatic rings. The average molecular weight is 330 g/mol. The van der Waals surface area contributed by atoms with Crippen LogP contribution in [0.3, 0.4) is 0 Å². The molecule has 0 saturated heterocycles. The minimum Gasteiger partial charge on any atom is -0.481 e. The third-order valence-corrected chi connectivity index (χ3v) is 4.07. The second-order valence-corrected chi connectivity index (χ2v) is 6.26. The second kappa shape index (κ2) is 19.0. The van der Waals surface area contributed by atoms with Crippen LogP contribution in [0.1, 0.15) is 103 Å². The van der Waals surface area contributed by atoms with Crippen LogP contribution < -0.4 is 0 Å². The van der Waals surface area contributed by atoms with E-state index < -0.39 is 5.97 Å². The van der Waals surface area contributed by atoms with Crippen molar-refractivity contribution in [2.45, 2.75) is 109 Å². The van der Waals surface area contributed by atoms with Gasteiger partial charge in [0.05, 0.1) is 6.10 Å². The van der Waals surface area contributed by atoms with Gasteiger partial charge in [-0.25, -0.2) is 0 Å². The molecule has 4 heteroatoms. The smallest absolute Gasteiger partial charge is 0.303 e. The fraction of sp³-hybridized carbons (Fsp3) is 0.944. The summed E-state index contributed by atoms with van der Waals surface area (Å²) in [6.07, 6.45) is 16.3. The molecular formula is C18H39AlO3. The molecule has 0 aliphatic rings. The number of carbonyl (C=O) groups is 1. The Labute approximate surface area is 148 Å². The van der Waals surface area contributed by atoms with Crippen LogP contribution in [-0.4, -0.2) is 39.6 Å². The highest BCUT2D eigenvalue weighted by molar-refractivity contribution is 5.75. The first-order valence-corrected chi connectivity index (χ1v) is 9.06. The summed E-state index contributed by atoms with van der Waals surface area (Å²) in [5.41, 5.74) is 0. The first-order chi connectivity index (χ1) is 10.2. The molecule has 1 unspecified atom stereocenters. The van der Waals surface area contributed by atoms with E-state index in [4.69, 9.17) is 5.11 Å². The van der Waals surface area contributed by atoms with Crippen LogP contribution in [0, 0.1) is 0 Å². The van der Waals surface area contributed by atoms with Crippen molar-refractivity contribution in [1.82, 2.24) is 0 Å². The van der Waals surface area contributed by atoms with Crippen LogP contribution in [0.2, 0.25) is 0 Å². The van der Waals surface area contributed by atoms with Crippen molar-refractivity contribution in [3.05, 3.63) is 0 Å². The Bertz CT molecular complexity index is 234. The highest BCUT2D eigenvalue weighted by atomic mass is 27.0. The average Bonchev–Trinajstić information content (AvgIpc) is 2.45. The lowest BCUT2D eigenvalue weighted by molar-refractivity contribution is -0.137. The van der Waals surface area contributed by atoms with Crippen molar-refractivity contribution < 1.29 is 15.0 Å². The van der Waals surface area contributed by atoms with Crippen LogP contribution in [0.15, 0.2) is 0 Å². The lowest BCUT2D eigenvalue weighted by Crippen LogP contribution is -2.05. The van der Waals surface area contributed by atoms with Crippen LogP contribution in [-0.2, 0) is 4.79 Å². The van der Waals surface area contributed by atoms with Crippen molar-refractivity contribution in [2.24, 2.45) is 0 Å². The van der Waals surface area contributed by atoms with E-state index in [2.05, 4.69) is 6.92 Å². The molecule has 2 N–H and O–H groups in total. The van der Waals surface area contributed by atoms with E-state index in [-0.39, 0.29) is 23.5 Å². The van der Waals surface area contributed by atoms with Gasteiger partial charge in [0.1, 0.15) is 0 Å². The summed E-state index contributed by atoms with van der Waals surface area (Å²) in [5, 5.41) is 18.4. The Kier molecular flexibility index (Phi) is 20.9. The third kappa shape index (κ3) is 20.0. The SMILES string of the molecule is CCCCCCC(O)CCCCCCCCCCC(=O)O.[AlH3]. The van der Waals surface area contributed by atoms with Gasteiger partial charge in [0.15, 0.2) is 17.4 Å². The van der Waals surface area contributed by atoms with E-state index >= 15 is 0 Å². The molecule has 0 spiro atoms. The Balaban J connectivity index is 0. The number of carboxylic acid groups (broad SMARTS) is 1. The van der Waals surface area contributed by atoms with Crippen LogP contribution in [0.4, 0.5) is 0 Å². The summed E-state index contributed by atoms with van der Waals surface area (Å²) < 4.78 is 0. The Hall–Kier alpha value is -0.0375. The highest BCUT2D eigenvalue weighted by Gasteiger charge is 2.03. The number of aliphatic hydroxyl groups is 1. The van der Waals surface area contributed by atoms with E-state index in [0.717, 1.165) is 38.5 Å². The zero-order chi connectivity index (χ0) is 15.8. The zero-order valence-corrected chi connectivity index (χ0v) is 14.0. The molecule has 0 aliphatic heterocycles. The highest BCUT2D eigenvalue weighted by Crippen LogP contribution is 2.14. The molecule has 0 bridgehead atoms. The van der Waals surface area contributed by atoms with Crippen LogP contribution >= 0.6 is 0 Å². The minimum absolute atomic E-state index is 0. The summed E-state index contributed by atoms with van der Waals surface area (Å²) in [5.74, 6) is -0.678. The first kappa shape index (κ1) is 24.2. The summed E-state index contributed by atoms with van der Waals surface area (Å²) in [6.45, 7) is 2.21. The van der Waals surface area contributed by atoms with E-state index in [0.29, 0.717) is 6.42 Å². The molecule has 0 fully saturated rings. The molecule has 0 saturated carbocycles. The predicted octanol–water partition coefficient (Wildman–Crippen LogP) is 4.12. The van der Waals surface area contributed by atoms with Gasteiger partial charge in [0.2, 0.25) is 0 Å². The largest absolute Gasteiger partial charge is 0.481 e. The predicted molar refractivity (Wildman–Crippen MR) is 98.5 cm³/mol. The topological polar surface area (TPSA) is 57.5 Å². The van der Waals surface area contributed by atoms with Crippen molar-refractivity contribution in [2.75, 3.05) is 0 Å². The fourth-order valence-corrected chi connectivity index (χ4v) is 2.67. The lowest BCUT2D eigenvalue weighted by atomic mass is 10.0. The normalized spacial score (nSPS) is 11.9. The number of hydrogen-bond donors (Lipinski definition) is 2. The zero-order valence-electron chi connectivity index (χ0n) is 14.0. The molecule has 0 rings (SSSR count). The van der Waals surface area contributed by atoms with Crippen molar-refractivity contribution >= 4 is 23.3 Å². The van der Waals surface area contributed by atoms with Gasteiger partial charge < -0.3 is 10.2 Å². The van der Waals surface area contributed by atoms with E-state index in [1.165, 1.54) is 51.4 Å². The van der Waals surface area contributed by atoms with Gasteiger partial charge in [-0.15, -0.1) is 0 Å². The maximum atomic E-state index is 10.3. The summed E-state index contributed by atoms with van der Waals surface area (Å²) in [6, 6.07) is 0. The Morgan fingerprint density at radius 3 is 1.64 bits per heavy atom. The number of aliphatic carboxylic acids is 1. The van der Waals surface area contributed by atoms with Crippen molar-refractivity contribution in [3.63, 3.8) is 0 Å². The number of carboxylic acids is 1. The standard InChI is InChI=1S/C18H36O3.Al.3H/c1-2-3-4-11-14-17(19)15-12-9-7-5-6-8-10-13-16-18(20)21;;;;/h17,19H,2-16H2,1H3,(H,20,21);;;;. The molecule has 132 valence electrons.